The van der Waals surface area contributed by atoms with Crippen LogP contribution in [0.25, 0.3) is 0 Å². The van der Waals surface area contributed by atoms with Gasteiger partial charge in [0.15, 0.2) is 0 Å². The van der Waals surface area contributed by atoms with Gasteiger partial charge in [0.25, 0.3) is 5.69 Å². The third-order valence-corrected chi connectivity index (χ3v) is 3.52. The minimum absolute atomic E-state index is 0.0466. The first-order chi connectivity index (χ1) is 9.60. The molecule has 2 heterocycles. The van der Waals surface area contributed by atoms with Crippen molar-refractivity contribution in [1.82, 2.24) is 4.98 Å². The normalized spacial score (nSPS) is 17.5. The minimum atomic E-state index is -0.465. The highest BCUT2D eigenvalue weighted by molar-refractivity contribution is 5.54. The van der Waals surface area contributed by atoms with E-state index in [1.165, 1.54) is 12.1 Å². The second-order valence-electron chi connectivity index (χ2n) is 4.88. The number of hydrogen-bond donors (Lipinski definition) is 3. The summed E-state index contributed by atoms with van der Waals surface area (Å²) in [6, 6.07) is 2.88. The van der Waals surface area contributed by atoms with Gasteiger partial charge in [-0.1, -0.05) is 0 Å². The van der Waals surface area contributed by atoms with Crippen LogP contribution in [0.3, 0.4) is 0 Å². The third-order valence-electron chi connectivity index (χ3n) is 3.52. The van der Waals surface area contributed by atoms with E-state index in [1.54, 1.807) is 0 Å². The second kappa shape index (κ2) is 6.49. The van der Waals surface area contributed by atoms with E-state index in [2.05, 4.69) is 15.7 Å². The Hall–Kier alpha value is -1.93. The molecule has 110 valence electrons. The smallest absolute Gasteiger partial charge is 0.276 e. The average molecular weight is 281 g/mol. The SMILES string of the molecule is CC(Nc1cc([N+](=O)[O-])cc(NN)n1)C1CCOCC1. The molecular formula is C12H19N5O3. The number of nitrogens with one attached hydrogen (secondary N) is 2. The molecule has 1 aromatic heterocycles. The van der Waals surface area contributed by atoms with Crippen molar-refractivity contribution < 1.29 is 9.66 Å². The van der Waals surface area contributed by atoms with Crippen LogP contribution in [0.2, 0.25) is 0 Å². The molecular weight excluding hydrogens is 262 g/mol. The number of aromatic nitrogens is 1. The maximum atomic E-state index is 10.9. The maximum Gasteiger partial charge on any atom is 0.276 e. The summed E-state index contributed by atoms with van der Waals surface area (Å²) in [5.74, 6) is 6.47. The Bertz CT molecular complexity index is 476. The predicted octanol–water partition coefficient (Wildman–Crippen LogP) is 1.50. The molecule has 1 aliphatic rings. The number of hydrazine groups is 1. The van der Waals surface area contributed by atoms with Crippen LogP contribution >= 0.6 is 0 Å². The molecule has 1 saturated heterocycles. The van der Waals surface area contributed by atoms with Crippen molar-refractivity contribution in [3.05, 3.63) is 22.2 Å². The van der Waals surface area contributed by atoms with Gasteiger partial charge in [-0.3, -0.25) is 10.1 Å². The number of anilines is 2. The molecule has 0 aromatic carbocycles. The Morgan fingerprint density at radius 3 is 2.70 bits per heavy atom. The molecule has 8 heteroatoms. The van der Waals surface area contributed by atoms with Crippen molar-refractivity contribution >= 4 is 17.3 Å². The first kappa shape index (κ1) is 14.5. The zero-order valence-corrected chi connectivity index (χ0v) is 11.3. The van der Waals surface area contributed by atoms with Gasteiger partial charge in [0.1, 0.15) is 11.6 Å². The lowest BCUT2D eigenvalue weighted by atomic mass is 9.93. The van der Waals surface area contributed by atoms with Gasteiger partial charge in [0, 0.05) is 19.3 Å². The molecule has 0 radical (unpaired) electrons. The highest BCUT2D eigenvalue weighted by Gasteiger charge is 2.21. The fourth-order valence-electron chi connectivity index (χ4n) is 2.34. The number of nitro groups is 1. The number of nitrogens with two attached hydrogens (primary N) is 1. The molecule has 0 saturated carbocycles. The predicted molar refractivity (Wildman–Crippen MR) is 75.3 cm³/mol. The molecule has 1 atom stereocenters. The van der Waals surface area contributed by atoms with Gasteiger partial charge >= 0.3 is 0 Å². The van der Waals surface area contributed by atoms with Gasteiger partial charge in [0.2, 0.25) is 0 Å². The summed E-state index contributed by atoms with van der Waals surface area (Å²) >= 11 is 0. The van der Waals surface area contributed by atoms with Gasteiger partial charge in [0.05, 0.1) is 17.1 Å². The summed E-state index contributed by atoms with van der Waals surface area (Å²) in [6.07, 6.45) is 1.95. The van der Waals surface area contributed by atoms with Crippen molar-refractivity contribution in [2.45, 2.75) is 25.8 Å². The van der Waals surface area contributed by atoms with Crippen molar-refractivity contribution in [2.24, 2.45) is 11.8 Å². The van der Waals surface area contributed by atoms with E-state index in [0.717, 1.165) is 26.1 Å². The van der Waals surface area contributed by atoms with E-state index in [4.69, 9.17) is 10.6 Å². The van der Waals surface area contributed by atoms with Crippen molar-refractivity contribution in [1.29, 1.82) is 0 Å². The summed E-state index contributed by atoms with van der Waals surface area (Å²) in [5, 5.41) is 14.1. The Balaban J connectivity index is 2.11. The summed E-state index contributed by atoms with van der Waals surface area (Å²) in [5.41, 5.74) is 2.29. The Kier molecular flexibility index (Phi) is 4.70. The number of ether oxygens (including phenoxy) is 1. The monoisotopic (exact) mass is 281 g/mol. The van der Waals surface area contributed by atoms with Crippen molar-refractivity contribution in [3.8, 4) is 0 Å². The largest absolute Gasteiger partial charge is 0.381 e. The second-order valence-corrected chi connectivity index (χ2v) is 4.88. The quantitative estimate of drug-likeness (QED) is 0.425. The summed E-state index contributed by atoms with van der Waals surface area (Å²) in [7, 11) is 0. The molecule has 20 heavy (non-hydrogen) atoms. The maximum absolute atomic E-state index is 10.9. The van der Waals surface area contributed by atoms with E-state index in [0.29, 0.717) is 11.7 Å². The number of nitrogens with zero attached hydrogens (tertiary/aromatic N) is 2. The molecule has 0 amide bonds. The van der Waals surface area contributed by atoms with E-state index in [9.17, 15) is 10.1 Å². The minimum Gasteiger partial charge on any atom is -0.381 e. The lowest BCUT2D eigenvalue weighted by Crippen LogP contribution is -2.31. The fourth-order valence-corrected chi connectivity index (χ4v) is 2.34. The summed E-state index contributed by atoms with van der Waals surface area (Å²) < 4.78 is 5.33. The third kappa shape index (κ3) is 3.55. The van der Waals surface area contributed by atoms with Crippen LogP contribution in [-0.4, -0.2) is 29.2 Å². The first-order valence-electron chi connectivity index (χ1n) is 6.57. The Morgan fingerprint density at radius 2 is 2.10 bits per heavy atom. The van der Waals surface area contributed by atoms with Crippen LogP contribution in [0.1, 0.15) is 19.8 Å². The number of pyridine rings is 1. The molecule has 0 bridgehead atoms. The number of rotatable bonds is 5. The van der Waals surface area contributed by atoms with Crippen LogP contribution in [0.4, 0.5) is 17.3 Å². The van der Waals surface area contributed by atoms with Gasteiger partial charge in [-0.05, 0) is 25.7 Å². The van der Waals surface area contributed by atoms with Gasteiger partial charge in [-0.15, -0.1) is 0 Å². The zero-order valence-electron chi connectivity index (χ0n) is 11.3. The molecule has 1 aromatic rings. The van der Waals surface area contributed by atoms with Crippen LogP contribution < -0.4 is 16.6 Å². The molecule has 1 aliphatic heterocycles. The van der Waals surface area contributed by atoms with Gasteiger partial charge in [-0.2, -0.15) is 0 Å². The van der Waals surface area contributed by atoms with E-state index in [1.807, 2.05) is 6.92 Å². The Morgan fingerprint density at radius 1 is 1.45 bits per heavy atom. The van der Waals surface area contributed by atoms with Crippen LogP contribution in [0, 0.1) is 16.0 Å². The number of hydrogen-bond acceptors (Lipinski definition) is 7. The highest BCUT2D eigenvalue weighted by Crippen LogP contribution is 2.24. The zero-order chi connectivity index (χ0) is 14.5. The fraction of sp³-hybridized carbons (Fsp3) is 0.583. The van der Waals surface area contributed by atoms with Gasteiger partial charge in [-0.25, -0.2) is 10.8 Å². The Labute approximate surface area is 116 Å². The van der Waals surface area contributed by atoms with Crippen molar-refractivity contribution in [2.75, 3.05) is 24.0 Å². The van der Waals surface area contributed by atoms with Crippen LogP contribution in [-0.2, 0) is 4.74 Å². The standard InChI is InChI=1S/C12H19N5O3/c1-8(9-2-4-20-5-3-9)14-11-6-10(17(18)19)7-12(15-11)16-13/h6-9H,2-5,13H2,1H3,(H2,14,15,16). The highest BCUT2D eigenvalue weighted by atomic mass is 16.6. The summed E-state index contributed by atoms with van der Waals surface area (Å²) in [6.45, 7) is 3.56. The topological polar surface area (TPSA) is 115 Å². The van der Waals surface area contributed by atoms with E-state index >= 15 is 0 Å². The van der Waals surface area contributed by atoms with Crippen LogP contribution in [0.5, 0.6) is 0 Å². The molecule has 8 nitrogen and oxygen atoms in total. The lowest BCUT2D eigenvalue weighted by Gasteiger charge is -2.28. The molecule has 2 rings (SSSR count). The molecule has 1 fully saturated rings. The molecule has 4 N–H and O–H groups in total. The molecule has 0 spiro atoms. The molecule has 0 aliphatic carbocycles. The van der Waals surface area contributed by atoms with E-state index < -0.39 is 4.92 Å². The van der Waals surface area contributed by atoms with Gasteiger partial charge < -0.3 is 15.5 Å². The van der Waals surface area contributed by atoms with Crippen LogP contribution in [0.15, 0.2) is 12.1 Å². The molecule has 1 unspecified atom stereocenters. The first-order valence-corrected chi connectivity index (χ1v) is 6.57. The summed E-state index contributed by atoms with van der Waals surface area (Å²) in [4.78, 5) is 14.6. The van der Waals surface area contributed by atoms with E-state index in [-0.39, 0.29) is 17.5 Å². The van der Waals surface area contributed by atoms with Crippen molar-refractivity contribution in [3.63, 3.8) is 0 Å². The number of nitrogen functional groups attached to an aromatic ring is 1. The average Bonchev–Trinajstić information content (AvgIpc) is 2.47. The lowest BCUT2D eigenvalue weighted by molar-refractivity contribution is -0.384.